The summed E-state index contributed by atoms with van der Waals surface area (Å²) in [6.45, 7) is 2.56. The minimum absolute atomic E-state index is 0.527. The van der Waals surface area contributed by atoms with E-state index < -0.39 is 0 Å². The van der Waals surface area contributed by atoms with Gasteiger partial charge in [0.25, 0.3) is 0 Å². The molecule has 0 bridgehead atoms. The summed E-state index contributed by atoms with van der Waals surface area (Å²) in [6, 6.07) is 3.78. The molecule has 2 aromatic heterocycles. The Morgan fingerprint density at radius 1 is 1.08 bits per heavy atom. The van der Waals surface area contributed by atoms with Crippen molar-refractivity contribution >= 4 is 5.95 Å². The van der Waals surface area contributed by atoms with E-state index in [-0.39, 0.29) is 0 Å². The first-order valence-electron chi connectivity index (χ1n) is 9.38. The second-order valence-corrected chi connectivity index (χ2v) is 7.05. The number of hydrogen-bond donors (Lipinski definition) is 0. The highest BCUT2D eigenvalue weighted by atomic mass is 16.5. The van der Waals surface area contributed by atoms with Crippen molar-refractivity contribution in [2.75, 3.05) is 31.7 Å². The van der Waals surface area contributed by atoms with Crippen LogP contribution in [0.25, 0.3) is 0 Å². The fourth-order valence-electron chi connectivity index (χ4n) is 3.46. The molecule has 3 heterocycles. The quantitative estimate of drug-likeness (QED) is 0.789. The number of ether oxygens (including phenoxy) is 2. The lowest BCUT2D eigenvalue weighted by Gasteiger charge is -2.31. The molecule has 1 aliphatic carbocycles. The first kappa shape index (κ1) is 17.0. The predicted molar refractivity (Wildman–Crippen MR) is 97.6 cm³/mol. The van der Waals surface area contributed by atoms with E-state index in [4.69, 9.17) is 9.47 Å². The van der Waals surface area contributed by atoms with E-state index in [0.717, 1.165) is 37.6 Å². The Labute approximate surface area is 153 Å². The van der Waals surface area contributed by atoms with Crippen molar-refractivity contribution in [1.82, 2.24) is 19.9 Å². The van der Waals surface area contributed by atoms with E-state index in [1.54, 1.807) is 25.7 Å². The Morgan fingerprint density at radius 2 is 1.92 bits per heavy atom. The summed E-state index contributed by atoms with van der Waals surface area (Å²) in [5, 5.41) is 0. The topological polar surface area (TPSA) is 73.3 Å². The SMILES string of the molecule is COc1ccnc(N2CCC(COc3cc(C4CCC4)ncn3)CC2)n1. The van der Waals surface area contributed by atoms with Crippen molar-refractivity contribution in [2.45, 2.75) is 38.0 Å². The third kappa shape index (κ3) is 3.86. The maximum atomic E-state index is 5.96. The average molecular weight is 355 g/mol. The fraction of sp³-hybridized carbons (Fsp3) is 0.579. The monoisotopic (exact) mass is 355 g/mol. The van der Waals surface area contributed by atoms with Crippen LogP contribution in [-0.4, -0.2) is 46.7 Å². The molecule has 1 saturated carbocycles. The molecule has 0 unspecified atom stereocenters. The number of piperidine rings is 1. The van der Waals surface area contributed by atoms with Crippen LogP contribution < -0.4 is 14.4 Å². The standard InChI is InChI=1S/C19H25N5O2/c1-25-17-5-8-20-19(23-17)24-9-6-14(7-10-24)12-26-18-11-16(21-13-22-18)15-3-2-4-15/h5,8,11,13-15H,2-4,6-7,9-10,12H2,1H3. The van der Waals surface area contributed by atoms with Crippen LogP contribution in [0.4, 0.5) is 5.95 Å². The van der Waals surface area contributed by atoms with Crippen molar-refractivity contribution in [2.24, 2.45) is 5.92 Å². The third-order valence-electron chi connectivity index (χ3n) is 5.38. The summed E-state index contributed by atoms with van der Waals surface area (Å²) in [7, 11) is 1.62. The Bertz CT molecular complexity index is 729. The van der Waals surface area contributed by atoms with Gasteiger partial charge in [-0.15, -0.1) is 0 Å². The van der Waals surface area contributed by atoms with Gasteiger partial charge in [-0.05, 0) is 31.6 Å². The summed E-state index contributed by atoms with van der Waals surface area (Å²) in [4.78, 5) is 19.6. The van der Waals surface area contributed by atoms with Gasteiger partial charge in [-0.25, -0.2) is 15.0 Å². The van der Waals surface area contributed by atoms with E-state index in [1.807, 2.05) is 6.07 Å². The molecule has 0 radical (unpaired) electrons. The van der Waals surface area contributed by atoms with Crippen molar-refractivity contribution in [3.8, 4) is 11.8 Å². The third-order valence-corrected chi connectivity index (χ3v) is 5.38. The maximum absolute atomic E-state index is 5.96. The number of rotatable bonds is 6. The molecule has 138 valence electrons. The minimum Gasteiger partial charge on any atom is -0.481 e. The average Bonchev–Trinajstić information content (AvgIpc) is 2.66. The van der Waals surface area contributed by atoms with Crippen LogP contribution in [0.1, 0.15) is 43.7 Å². The number of anilines is 1. The molecule has 0 spiro atoms. The second-order valence-electron chi connectivity index (χ2n) is 7.05. The zero-order valence-electron chi connectivity index (χ0n) is 15.2. The normalized spacial score (nSPS) is 18.4. The van der Waals surface area contributed by atoms with Crippen LogP contribution in [0.5, 0.6) is 11.8 Å². The van der Waals surface area contributed by atoms with Crippen molar-refractivity contribution in [3.05, 3.63) is 30.4 Å². The number of nitrogens with zero attached hydrogens (tertiary/aromatic N) is 5. The molecule has 2 aliphatic rings. The maximum Gasteiger partial charge on any atom is 0.228 e. The van der Waals surface area contributed by atoms with Gasteiger partial charge in [-0.3, -0.25) is 0 Å². The molecule has 0 aromatic carbocycles. The fourth-order valence-corrected chi connectivity index (χ4v) is 3.46. The highest BCUT2D eigenvalue weighted by Crippen LogP contribution is 2.35. The van der Waals surface area contributed by atoms with Gasteiger partial charge in [0, 0.05) is 37.3 Å². The zero-order chi connectivity index (χ0) is 17.8. The smallest absolute Gasteiger partial charge is 0.228 e. The van der Waals surface area contributed by atoms with Crippen molar-refractivity contribution < 1.29 is 9.47 Å². The van der Waals surface area contributed by atoms with Crippen molar-refractivity contribution in [1.29, 1.82) is 0 Å². The second kappa shape index (κ2) is 7.85. The zero-order valence-corrected chi connectivity index (χ0v) is 15.2. The Balaban J connectivity index is 1.27. The molecule has 4 rings (SSSR count). The molecule has 26 heavy (non-hydrogen) atoms. The largest absolute Gasteiger partial charge is 0.481 e. The van der Waals surface area contributed by atoms with E-state index in [9.17, 15) is 0 Å². The first-order valence-corrected chi connectivity index (χ1v) is 9.38. The Hall–Kier alpha value is -2.44. The lowest BCUT2D eigenvalue weighted by molar-refractivity contribution is 0.214. The van der Waals surface area contributed by atoms with Gasteiger partial charge in [0.15, 0.2) is 0 Å². The molecule has 7 nitrogen and oxygen atoms in total. The Morgan fingerprint density at radius 3 is 2.65 bits per heavy atom. The highest BCUT2D eigenvalue weighted by molar-refractivity contribution is 5.32. The first-order chi connectivity index (χ1) is 12.8. The summed E-state index contributed by atoms with van der Waals surface area (Å²) >= 11 is 0. The molecular formula is C19H25N5O2. The minimum atomic E-state index is 0.527. The Kier molecular flexibility index (Phi) is 5.13. The molecule has 0 atom stereocenters. The van der Waals surface area contributed by atoms with Crippen LogP contribution >= 0.6 is 0 Å². The van der Waals surface area contributed by atoms with Gasteiger partial charge in [0.1, 0.15) is 6.33 Å². The van der Waals surface area contributed by atoms with E-state index in [1.165, 1.54) is 19.3 Å². The van der Waals surface area contributed by atoms with Crippen LogP contribution in [0, 0.1) is 5.92 Å². The predicted octanol–water partition coefficient (Wildman–Crippen LogP) is 2.84. The summed E-state index contributed by atoms with van der Waals surface area (Å²) in [5.41, 5.74) is 1.13. The van der Waals surface area contributed by atoms with Crippen LogP contribution in [0.2, 0.25) is 0 Å². The molecule has 0 N–H and O–H groups in total. The van der Waals surface area contributed by atoms with Gasteiger partial charge in [-0.2, -0.15) is 4.98 Å². The van der Waals surface area contributed by atoms with E-state index in [2.05, 4.69) is 24.8 Å². The van der Waals surface area contributed by atoms with Gasteiger partial charge in [0.05, 0.1) is 19.4 Å². The summed E-state index contributed by atoms with van der Waals surface area (Å²) in [6.07, 6.45) is 9.27. The number of aromatic nitrogens is 4. The van der Waals surface area contributed by atoms with E-state index in [0.29, 0.717) is 30.2 Å². The van der Waals surface area contributed by atoms with Gasteiger partial charge in [-0.1, -0.05) is 6.42 Å². The molecular weight excluding hydrogens is 330 g/mol. The molecule has 0 amide bonds. The lowest BCUT2D eigenvalue weighted by Crippen LogP contribution is -2.36. The van der Waals surface area contributed by atoms with Crippen molar-refractivity contribution in [3.63, 3.8) is 0 Å². The van der Waals surface area contributed by atoms with Crippen LogP contribution in [0.15, 0.2) is 24.7 Å². The molecule has 1 aliphatic heterocycles. The number of hydrogen-bond acceptors (Lipinski definition) is 7. The molecule has 2 fully saturated rings. The van der Waals surface area contributed by atoms with Gasteiger partial charge < -0.3 is 14.4 Å². The summed E-state index contributed by atoms with van der Waals surface area (Å²) < 4.78 is 11.1. The molecule has 2 aromatic rings. The van der Waals surface area contributed by atoms with Crippen LogP contribution in [0.3, 0.4) is 0 Å². The lowest BCUT2D eigenvalue weighted by atomic mass is 9.83. The van der Waals surface area contributed by atoms with Crippen LogP contribution in [-0.2, 0) is 0 Å². The molecule has 1 saturated heterocycles. The summed E-state index contributed by atoms with van der Waals surface area (Å²) in [5.74, 6) is 3.18. The molecule has 7 heteroatoms. The highest BCUT2D eigenvalue weighted by Gasteiger charge is 2.23. The van der Waals surface area contributed by atoms with Gasteiger partial charge >= 0.3 is 0 Å². The number of methoxy groups -OCH3 is 1. The van der Waals surface area contributed by atoms with E-state index >= 15 is 0 Å². The van der Waals surface area contributed by atoms with Gasteiger partial charge in [0.2, 0.25) is 17.7 Å².